The van der Waals surface area contributed by atoms with Crippen molar-refractivity contribution in [2.24, 2.45) is 5.41 Å². The van der Waals surface area contributed by atoms with E-state index in [0.29, 0.717) is 31.7 Å². The number of hydrogen-bond donors (Lipinski definition) is 1. The molecule has 1 aromatic rings. The van der Waals surface area contributed by atoms with Crippen LogP contribution in [0.3, 0.4) is 0 Å². The molecule has 2 aliphatic heterocycles. The molecule has 0 unspecified atom stereocenters. The molecule has 3 heterocycles. The van der Waals surface area contributed by atoms with Crippen LogP contribution >= 0.6 is 0 Å². The van der Waals surface area contributed by atoms with Gasteiger partial charge in [0, 0.05) is 31.9 Å². The van der Waals surface area contributed by atoms with Gasteiger partial charge >= 0.3 is 6.18 Å². The Labute approximate surface area is 162 Å². The Kier molecular flexibility index (Phi) is 5.02. The lowest BCUT2D eigenvalue weighted by Crippen LogP contribution is -2.47. The predicted molar refractivity (Wildman–Crippen MR) is 97.7 cm³/mol. The van der Waals surface area contributed by atoms with Crippen molar-refractivity contribution < 1.29 is 23.1 Å². The van der Waals surface area contributed by atoms with Crippen molar-refractivity contribution in [1.82, 2.24) is 9.88 Å². The summed E-state index contributed by atoms with van der Waals surface area (Å²) >= 11 is 0. The highest BCUT2D eigenvalue weighted by molar-refractivity contribution is 5.85. The maximum Gasteiger partial charge on any atom is 0.416 e. The van der Waals surface area contributed by atoms with Gasteiger partial charge in [-0.25, -0.2) is 4.98 Å². The van der Waals surface area contributed by atoms with Gasteiger partial charge in [-0.3, -0.25) is 4.79 Å². The second kappa shape index (κ2) is 7.21. The second-order valence-electron chi connectivity index (χ2n) is 8.38. The lowest BCUT2D eigenvalue weighted by molar-refractivity contribution is -0.140. The summed E-state index contributed by atoms with van der Waals surface area (Å²) in [5.41, 5.74) is -1.07. The molecule has 1 N–H and O–H groups in total. The fourth-order valence-corrected chi connectivity index (χ4v) is 4.96. The van der Waals surface area contributed by atoms with Crippen molar-refractivity contribution >= 4 is 11.7 Å². The summed E-state index contributed by atoms with van der Waals surface area (Å²) in [5, 5.41) is 9.70. The second-order valence-corrected chi connectivity index (χ2v) is 8.38. The average molecular weight is 397 g/mol. The van der Waals surface area contributed by atoms with Crippen LogP contribution in [0.25, 0.3) is 0 Å². The predicted octanol–water partition coefficient (Wildman–Crippen LogP) is 3.22. The first-order chi connectivity index (χ1) is 13.3. The molecule has 1 saturated carbocycles. The summed E-state index contributed by atoms with van der Waals surface area (Å²) < 4.78 is 38.9. The summed E-state index contributed by atoms with van der Waals surface area (Å²) in [5.74, 6) is 0.527. The van der Waals surface area contributed by atoms with Crippen molar-refractivity contribution in [2.45, 2.75) is 63.3 Å². The molecule has 154 valence electrons. The molecule has 0 aromatic carbocycles. The van der Waals surface area contributed by atoms with Gasteiger partial charge in [0.25, 0.3) is 0 Å². The summed E-state index contributed by atoms with van der Waals surface area (Å²) in [6.07, 6.45) is 1.87. The zero-order valence-corrected chi connectivity index (χ0v) is 15.8. The van der Waals surface area contributed by atoms with E-state index in [1.807, 2.05) is 9.80 Å². The number of halogens is 3. The van der Waals surface area contributed by atoms with Crippen LogP contribution < -0.4 is 4.90 Å². The molecular weight excluding hydrogens is 371 g/mol. The van der Waals surface area contributed by atoms with Crippen molar-refractivity contribution in [3.8, 4) is 0 Å². The van der Waals surface area contributed by atoms with E-state index in [-0.39, 0.29) is 23.5 Å². The van der Waals surface area contributed by atoms with E-state index in [1.165, 1.54) is 6.20 Å². The summed E-state index contributed by atoms with van der Waals surface area (Å²) in [7, 11) is 0. The summed E-state index contributed by atoms with van der Waals surface area (Å²) in [6.45, 7) is 1.83. The third kappa shape index (κ3) is 3.58. The number of aliphatic hydroxyl groups is 1. The first kappa shape index (κ1) is 19.5. The van der Waals surface area contributed by atoms with E-state index in [4.69, 9.17) is 0 Å². The van der Waals surface area contributed by atoms with Gasteiger partial charge in [0.1, 0.15) is 5.82 Å². The van der Waals surface area contributed by atoms with Crippen LogP contribution in [0.4, 0.5) is 19.0 Å². The zero-order chi connectivity index (χ0) is 19.9. The van der Waals surface area contributed by atoms with Gasteiger partial charge < -0.3 is 14.9 Å². The average Bonchev–Trinajstić information content (AvgIpc) is 2.99. The molecule has 1 aromatic heterocycles. The number of carbonyl (C=O) groups is 1. The van der Waals surface area contributed by atoms with Gasteiger partial charge in [-0.05, 0) is 57.1 Å². The minimum absolute atomic E-state index is 0.200. The molecule has 4 rings (SSSR count). The SMILES string of the molecule is O=C1N([C@H]2CC[C@H](O)CC2)CCC12CCN(c1cc(C(F)(F)F)ccn1)CC2. The molecule has 5 nitrogen and oxygen atoms in total. The van der Waals surface area contributed by atoms with E-state index < -0.39 is 11.7 Å². The van der Waals surface area contributed by atoms with Crippen molar-refractivity contribution in [3.63, 3.8) is 0 Å². The van der Waals surface area contributed by atoms with Gasteiger partial charge in [0.2, 0.25) is 5.91 Å². The Balaban J connectivity index is 1.41. The van der Waals surface area contributed by atoms with Gasteiger partial charge in [0.15, 0.2) is 0 Å². The van der Waals surface area contributed by atoms with E-state index in [9.17, 15) is 23.1 Å². The number of hydrogen-bond acceptors (Lipinski definition) is 4. The molecule has 1 aliphatic carbocycles. The highest BCUT2D eigenvalue weighted by Gasteiger charge is 2.50. The first-order valence-corrected chi connectivity index (χ1v) is 10.1. The molecule has 2 saturated heterocycles. The number of anilines is 1. The fourth-order valence-electron chi connectivity index (χ4n) is 4.96. The molecule has 0 bridgehead atoms. The van der Waals surface area contributed by atoms with Gasteiger partial charge in [-0.15, -0.1) is 0 Å². The molecule has 3 aliphatic rings. The van der Waals surface area contributed by atoms with Crippen LogP contribution in [0.2, 0.25) is 0 Å². The van der Waals surface area contributed by atoms with E-state index in [1.54, 1.807) is 0 Å². The third-order valence-electron chi connectivity index (χ3n) is 6.77. The lowest BCUT2D eigenvalue weighted by Gasteiger charge is -2.40. The quantitative estimate of drug-likeness (QED) is 0.833. The van der Waals surface area contributed by atoms with E-state index in [2.05, 4.69) is 4.98 Å². The number of aromatic nitrogens is 1. The normalized spacial score (nSPS) is 28.2. The Morgan fingerprint density at radius 2 is 1.71 bits per heavy atom. The molecule has 1 amide bonds. The van der Waals surface area contributed by atoms with Gasteiger partial charge in [0.05, 0.1) is 17.1 Å². The van der Waals surface area contributed by atoms with Crippen LogP contribution in [-0.2, 0) is 11.0 Å². The van der Waals surface area contributed by atoms with Crippen LogP contribution in [-0.4, -0.2) is 52.7 Å². The highest BCUT2D eigenvalue weighted by Crippen LogP contribution is 2.44. The Hall–Kier alpha value is -1.83. The Morgan fingerprint density at radius 1 is 1.07 bits per heavy atom. The smallest absolute Gasteiger partial charge is 0.393 e. The Bertz CT molecular complexity index is 724. The molecule has 0 radical (unpaired) electrons. The molecule has 8 heteroatoms. The fraction of sp³-hybridized carbons (Fsp3) is 0.700. The monoisotopic (exact) mass is 397 g/mol. The minimum Gasteiger partial charge on any atom is -0.393 e. The number of carbonyl (C=O) groups excluding carboxylic acids is 1. The Morgan fingerprint density at radius 3 is 2.36 bits per heavy atom. The van der Waals surface area contributed by atoms with Crippen LogP contribution in [0.1, 0.15) is 50.5 Å². The van der Waals surface area contributed by atoms with Crippen LogP contribution in [0.5, 0.6) is 0 Å². The number of amides is 1. The molecular formula is C20H26F3N3O2. The van der Waals surface area contributed by atoms with Crippen LogP contribution in [0, 0.1) is 5.41 Å². The maximum absolute atomic E-state index is 13.2. The van der Waals surface area contributed by atoms with E-state index in [0.717, 1.165) is 50.8 Å². The van der Waals surface area contributed by atoms with Gasteiger partial charge in [-0.1, -0.05) is 0 Å². The number of aliphatic hydroxyl groups excluding tert-OH is 1. The maximum atomic E-state index is 13.2. The molecule has 28 heavy (non-hydrogen) atoms. The topological polar surface area (TPSA) is 56.7 Å². The number of rotatable bonds is 2. The minimum atomic E-state index is -4.38. The largest absolute Gasteiger partial charge is 0.416 e. The molecule has 3 fully saturated rings. The van der Waals surface area contributed by atoms with Crippen LogP contribution in [0.15, 0.2) is 18.3 Å². The zero-order valence-electron chi connectivity index (χ0n) is 15.8. The van der Waals surface area contributed by atoms with Crippen molar-refractivity contribution in [1.29, 1.82) is 0 Å². The highest BCUT2D eigenvalue weighted by atomic mass is 19.4. The third-order valence-corrected chi connectivity index (χ3v) is 6.77. The first-order valence-electron chi connectivity index (χ1n) is 10.1. The summed E-state index contributed by atoms with van der Waals surface area (Å²) in [6, 6.07) is 2.29. The molecule has 1 spiro atoms. The van der Waals surface area contributed by atoms with Crippen molar-refractivity contribution in [3.05, 3.63) is 23.9 Å². The molecule has 0 atom stereocenters. The number of piperidine rings is 1. The lowest BCUT2D eigenvalue weighted by atomic mass is 9.77. The van der Waals surface area contributed by atoms with Gasteiger partial charge in [-0.2, -0.15) is 13.2 Å². The number of pyridine rings is 1. The van der Waals surface area contributed by atoms with E-state index >= 15 is 0 Å². The number of likely N-dealkylation sites (tertiary alicyclic amines) is 1. The van der Waals surface area contributed by atoms with Crippen molar-refractivity contribution in [2.75, 3.05) is 24.5 Å². The standard InChI is InChI=1S/C20H26F3N3O2/c21-20(22,23)14-5-9-24-17(13-14)25-10-6-19(7-11-25)8-12-26(18(19)28)15-1-3-16(27)4-2-15/h5,9,13,15-16,27H,1-4,6-8,10-12H2/t15-,16-. The number of alkyl halides is 3. The number of nitrogens with zero attached hydrogens (tertiary/aromatic N) is 3. The summed E-state index contributed by atoms with van der Waals surface area (Å²) in [4.78, 5) is 21.1.